The maximum absolute atomic E-state index is 11.7. The molecule has 0 unspecified atom stereocenters. The van der Waals surface area contributed by atoms with Gasteiger partial charge in [0.25, 0.3) is 0 Å². The van der Waals surface area contributed by atoms with Crippen molar-refractivity contribution in [1.82, 2.24) is 15.0 Å². The molecule has 3 aromatic heterocycles. The van der Waals surface area contributed by atoms with E-state index in [4.69, 9.17) is 9.97 Å². The van der Waals surface area contributed by atoms with E-state index in [1.807, 2.05) is 57.5 Å². The van der Waals surface area contributed by atoms with Crippen LogP contribution in [0.4, 0.5) is 0 Å². The largest absolute Gasteiger partial charge is 0.512 e. The summed E-state index contributed by atoms with van der Waals surface area (Å²) in [6.07, 6.45) is 10.9. The summed E-state index contributed by atoms with van der Waals surface area (Å²) in [5.74, 6) is 1.25. The molecule has 5 nitrogen and oxygen atoms in total. The minimum Gasteiger partial charge on any atom is -0.512 e. The molecule has 7 aromatic carbocycles. The standard InChI is InChI=1S/C35H35N2.C30H30NS.C13H24O2.Ir/c1-34(2,3)23-24-11-13-25(14-12-24)26-15-17-27(18-16-26)32-19-20-36-33(37-32)29-21-28-9-7-8-10-30(28)31(22-29)35(4,5)6;1-29(2,3)18-19-11-12-23-24-13-14-31-27(28(24)32-26(23)15-19)21-16-20-9-7-8-10-22(20)25(17-21)30(4,5)6;1-5-10(6-2)12(14)9-13(15)11(7-3)8-4;/h7-20,22H,23H2,1-6H3;7-15,17H,18H2,1-6H3;9-11,14H,5-8H2,1-4H3;/q2*-1;;/b;;12-9-;. The number of allylic oxidation sites excluding steroid dienone is 2. The average Bonchev–Trinajstić information content (AvgIpc) is 2.05. The van der Waals surface area contributed by atoms with Crippen LogP contribution >= 0.6 is 11.3 Å². The second-order valence-electron chi connectivity index (χ2n) is 27.3. The summed E-state index contributed by atoms with van der Waals surface area (Å²) in [5, 5.41) is 17.1. The van der Waals surface area contributed by atoms with E-state index in [1.54, 1.807) is 0 Å². The molecule has 0 atom stereocenters. The number of aliphatic hydroxyl groups is 1. The van der Waals surface area contributed by atoms with Gasteiger partial charge in [-0.1, -0.05) is 230 Å². The van der Waals surface area contributed by atoms with Crippen molar-refractivity contribution in [1.29, 1.82) is 0 Å². The number of hydrogen-bond donors (Lipinski definition) is 1. The Labute approximate surface area is 526 Å². The Morgan fingerprint density at radius 3 is 1.55 bits per heavy atom. The topological polar surface area (TPSA) is 76.0 Å². The first kappa shape index (κ1) is 65.9. The summed E-state index contributed by atoms with van der Waals surface area (Å²) in [4.78, 5) is 26.1. The fourth-order valence-electron chi connectivity index (χ4n) is 11.3. The third-order valence-corrected chi connectivity index (χ3v) is 17.0. The van der Waals surface area contributed by atoms with Crippen molar-refractivity contribution in [3.8, 4) is 45.0 Å². The van der Waals surface area contributed by atoms with Crippen molar-refractivity contribution < 1.29 is 30.0 Å². The molecule has 1 N–H and O–H groups in total. The van der Waals surface area contributed by atoms with Crippen molar-refractivity contribution in [2.24, 2.45) is 22.7 Å². The number of nitrogens with zero attached hydrogens (tertiary/aromatic N) is 3. The number of aliphatic hydroxyl groups excluding tert-OH is 1. The van der Waals surface area contributed by atoms with Crippen LogP contribution in [-0.4, -0.2) is 25.8 Å². The third kappa shape index (κ3) is 16.7. The molecule has 0 saturated heterocycles. The number of rotatable bonds is 13. The van der Waals surface area contributed by atoms with Gasteiger partial charge in [0.05, 0.1) is 17.3 Å². The normalized spacial score (nSPS) is 12.3. The van der Waals surface area contributed by atoms with Gasteiger partial charge in [0, 0.05) is 65.5 Å². The molecule has 0 aliphatic rings. The molecular weight excluding hydrogens is 1240 g/mol. The van der Waals surface area contributed by atoms with Crippen molar-refractivity contribution in [2.75, 3.05) is 0 Å². The molecule has 0 bridgehead atoms. The molecule has 0 aliphatic carbocycles. The first-order valence-electron chi connectivity index (χ1n) is 30.5. The van der Waals surface area contributed by atoms with Crippen molar-refractivity contribution in [3.63, 3.8) is 0 Å². The van der Waals surface area contributed by atoms with E-state index in [-0.39, 0.29) is 59.7 Å². The number of benzene rings is 7. The van der Waals surface area contributed by atoms with E-state index in [9.17, 15) is 9.90 Å². The van der Waals surface area contributed by atoms with E-state index in [1.165, 1.54) is 70.4 Å². The summed E-state index contributed by atoms with van der Waals surface area (Å²) in [6, 6.07) is 57.5. The van der Waals surface area contributed by atoms with Gasteiger partial charge in [0.1, 0.15) is 0 Å². The van der Waals surface area contributed by atoms with Gasteiger partial charge in [-0.05, 0) is 117 Å². The Morgan fingerprint density at radius 1 is 0.529 bits per heavy atom. The SMILES string of the molecule is CC(C)(C)Cc1ccc(-c2ccc(-c3ccnc(-c4[c-]c5ccccc5c(C(C)(C)C)c4)n3)cc2)cc1.CC(C)(C)Cc1ccc2c(c1)sc1c(-c3[c-]c4ccccc4c(C(C)(C)C)c3)nccc12.CCC(CC)C(=O)/C=C(\O)C(CC)CC.[Ir]. The number of carbonyl (C=O) groups is 1. The molecule has 3 heterocycles. The fourth-order valence-corrected chi connectivity index (χ4v) is 12.6. The van der Waals surface area contributed by atoms with Gasteiger partial charge in [0.15, 0.2) is 5.78 Å². The van der Waals surface area contributed by atoms with Crippen LogP contribution in [0.5, 0.6) is 0 Å². The van der Waals surface area contributed by atoms with Crippen LogP contribution in [0.3, 0.4) is 0 Å². The maximum atomic E-state index is 11.7. The first-order valence-corrected chi connectivity index (χ1v) is 31.3. The second kappa shape index (κ2) is 27.8. The van der Waals surface area contributed by atoms with E-state index < -0.39 is 0 Å². The van der Waals surface area contributed by atoms with E-state index in [2.05, 4.69) is 234 Å². The van der Waals surface area contributed by atoms with Gasteiger partial charge in [0.2, 0.25) is 0 Å². The maximum Gasteiger partial charge on any atom is 0.162 e. The van der Waals surface area contributed by atoms with Crippen LogP contribution in [0, 0.1) is 34.8 Å². The molecule has 10 rings (SSSR count). The number of fused-ring (bicyclic) bond motifs is 5. The van der Waals surface area contributed by atoms with Crippen molar-refractivity contribution >= 4 is 58.8 Å². The summed E-state index contributed by atoms with van der Waals surface area (Å²) in [5.41, 5.74) is 13.5. The summed E-state index contributed by atoms with van der Waals surface area (Å²) >= 11 is 1.86. The van der Waals surface area contributed by atoms with Crippen LogP contribution in [0.1, 0.15) is 159 Å². The minimum absolute atomic E-state index is 0. The van der Waals surface area contributed by atoms with Gasteiger partial charge in [-0.2, -0.15) is 0 Å². The molecule has 1 radical (unpaired) electrons. The molecule has 0 saturated carbocycles. The van der Waals surface area contributed by atoms with Gasteiger partial charge in [-0.15, -0.1) is 69.6 Å². The van der Waals surface area contributed by atoms with E-state index in [0.717, 1.165) is 77.4 Å². The zero-order chi connectivity index (χ0) is 60.7. The molecule has 0 fully saturated rings. The smallest absolute Gasteiger partial charge is 0.162 e. The Balaban J connectivity index is 0.000000197. The average molecular weight is 1320 g/mol. The number of carbonyl (C=O) groups excluding carboxylic acids is 1. The van der Waals surface area contributed by atoms with Crippen LogP contribution in [-0.2, 0) is 48.6 Å². The number of pyridine rings is 1. The number of hydrogen-bond acceptors (Lipinski definition) is 6. The molecule has 445 valence electrons. The van der Waals surface area contributed by atoms with Gasteiger partial charge >= 0.3 is 0 Å². The zero-order valence-corrected chi connectivity index (χ0v) is 56.6. The molecule has 0 amide bonds. The molecular formula is C78H89IrN3O2S-2. The quantitative estimate of drug-likeness (QED) is 0.0707. The predicted molar refractivity (Wildman–Crippen MR) is 361 cm³/mol. The Hall–Kier alpha value is -6.63. The van der Waals surface area contributed by atoms with E-state index in [0.29, 0.717) is 11.2 Å². The molecule has 85 heavy (non-hydrogen) atoms. The minimum atomic E-state index is 0. The Kier molecular flexibility index (Phi) is 21.6. The number of aromatic nitrogens is 3. The number of thiophene rings is 1. The van der Waals surface area contributed by atoms with Gasteiger partial charge in [-0.3, -0.25) is 19.7 Å². The third-order valence-electron chi connectivity index (χ3n) is 15.8. The fraction of sp³-hybridized carbons (Fsp3) is 0.359. The van der Waals surface area contributed by atoms with Crippen LogP contribution in [0.15, 0.2) is 164 Å². The van der Waals surface area contributed by atoms with Crippen LogP contribution in [0.2, 0.25) is 0 Å². The second-order valence-corrected chi connectivity index (χ2v) is 28.3. The number of ketones is 1. The first-order chi connectivity index (χ1) is 39.8. The Morgan fingerprint density at radius 2 is 1.01 bits per heavy atom. The molecule has 0 spiro atoms. The monoisotopic (exact) mass is 1320 g/mol. The molecule has 0 aliphatic heterocycles. The Bertz CT molecular complexity index is 3910. The predicted octanol–water partition coefficient (Wildman–Crippen LogP) is 22.1. The van der Waals surface area contributed by atoms with E-state index >= 15 is 0 Å². The van der Waals surface area contributed by atoms with Crippen LogP contribution in [0.25, 0.3) is 86.7 Å². The molecule has 7 heteroatoms. The summed E-state index contributed by atoms with van der Waals surface area (Å²) in [6.45, 7) is 35.4. The summed E-state index contributed by atoms with van der Waals surface area (Å²) in [7, 11) is 0. The molecule has 10 aromatic rings. The van der Waals surface area contributed by atoms with Crippen molar-refractivity contribution in [3.05, 3.63) is 198 Å². The summed E-state index contributed by atoms with van der Waals surface area (Å²) < 4.78 is 2.59. The van der Waals surface area contributed by atoms with Gasteiger partial charge in [-0.25, -0.2) is 0 Å². The van der Waals surface area contributed by atoms with Crippen molar-refractivity contribution in [2.45, 2.75) is 160 Å². The van der Waals surface area contributed by atoms with Crippen LogP contribution < -0.4 is 0 Å². The van der Waals surface area contributed by atoms with Gasteiger partial charge < -0.3 is 5.11 Å². The zero-order valence-electron chi connectivity index (χ0n) is 53.3.